The predicted octanol–water partition coefficient (Wildman–Crippen LogP) is 0.626. The maximum atomic E-state index is 12.4. The Kier molecular flexibility index (Phi) is 5.30. The van der Waals surface area contributed by atoms with E-state index in [-0.39, 0.29) is 11.4 Å². The molecule has 2 aliphatic heterocycles. The lowest BCUT2D eigenvalue weighted by atomic mass is 9.86. The van der Waals surface area contributed by atoms with Crippen molar-refractivity contribution >= 4 is 11.9 Å². The third-order valence-corrected chi connectivity index (χ3v) is 5.40. The van der Waals surface area contributed by atoms with E-state index in [9.17, 15) is 4.79 Å². The number of nitrogens with zero attached hydrogens (tertiary/aromatic N) is 5. The quantitative estimate of drug-likeness (QED) is 0.805. The van der Waals surface area contributed by atoms with Crippen LogP contribution in [0.3, 0.4) is 0 Å². The molecule has 0 N–H and O–H groups in total. The van der Waals surface area contributed by atoms with Gasteiger partial charge in [0, 0.05) is 64.2 Å². The molecule has 2 aliphatic rings. The smallest absolute Gasteiger partial charge is 0.225 e. The molecule has 2 fully saturated rings. The molecule has 0 aliphatic carbocycles. The molecule has 3 heterocycles. The van der Waals surface area contributed by atoms with Crippen molar-refractivity contribution in [1.29, 1.82) is 0 Å². The van der Waals surface area contributed by atoms with Crippen molar-refractivity contribution in [3.05, 3.63) is 18.5 Å². The maximum Gasteiger partial charge on any atom is 0.225 e. The number of aromatic nitrogens is 2. The number of hydrogen-bond acceptors (Lipinski definition) is 6. The van der Waals surface area contributed by atoms with E-state index in [1.807, 2.05) is 11.0 Å². The van der Waals surface area contributed by atoms with Gasteiger partial charge in [0.25, 0.3) is 0 Å². The highest BCUT2D eigenvalue weighted by molar-refractivity contribution is 5.76. The van der Waals surface area contributed by atoms with Crippen molar-refractivity contribution in [2.24, 2.45) is 0 Å². The van der Waals surface area contributed by atoms with Crippen LogP contribution >= 0.6 is 0 Å². The summed E-state index contributed by atoms with van der Waals surface area (Å²) in [5.74, 6) is 1.03. The fraction of sp³-hybridized carbons (Fsp3) is 0.706. The van der Waals surface area contributed by atoms with Gasteiger partial charge >= 0.3 is 0 Å². The third kappa shape index (κ3) is 3.52. The first-order valence-corrected chi connectivity index (χ1v) is 8.64. The van der Waals surface area contributed by atoms with Gasteiger partial charge in [-0.25, -0.2) is 9.97 Å². The Morgan fingerprint density at radius 1 is 1.21 bits per heavy atom. The zero-order chi connectivity index (χ0) is 17.0. The van der Waals surface area contributed by atoms with E-state index in [0.717, 1.165) is 45.0 Å². The zero-order valence-corrected chi connectivity index (χ0v) is 14.6. The molecule has 1 amide bonds. The molecule has 1 atom stereocenters. The van der Waals surface area contributed by atoms with Crippen molar-refractivity contribution in [3.63, 3.8) is 0 Å². The molecule has 1 spiro atoms. The van der Waals surface area contributed by atoms with Crippen LogP contribution in [0.1, 0.15) is 19.3 Å². The molecule has 0 aromatic carbocycles. The number of amides is 1. The number of rotatable bonds is 4. The van der Waals surface area contributed by atoms with Gasteiger partial charge in [-0.05, 0) is 26.0 Å². The second kappa shape index (κ2) is 7.44. The van der Waals surface area contributed by atoms with Crippen LogP contribution in [0, 0.1) is 0 Å². The largest absolute Gasteiger partial charge is 0.383 e. The summed E-state index contributed by atoms with van der Waals surface area (Å²) in [4.78, 5) is 27.9. The van der Waals surface area contributed by atoms with Crippen LogP contribution in [-0.4, -0.2) is 84.7 Å². The van der Waals surface area contributed by atoms with E-state index in [1.165, 1.54) is 0 Å². The first-order valence-electron chi connectivity index (χ1n) is 8.64. The molecule has 1 aromatic rings. The average Bonchev–Trinajstić information content (AvgIpc) is 2.77. The summed E-state index contributed by atoms with van der Waals surface area (Å²) >= 11 is 0. The molecule has 7 heteroatoms. The van der Waals surface area contributed by atoms with E-state index in [0.29, 0.717) is 19.6 Å². The van der Waals surface area contributed by atoms with Crippen LogP contribution in [-0.2, 0) is 9.53 Å². The number of likely N-dealkylation sites (N-methyl/N-ethyl adjacent to an activating group) is 1. The number of hydrogen-bond donors (Lipinski definition) is 0. The Labute approximate surface area is 143 Å². The molecular formula is C17H27N5O2. The van der Waals surface area contributed by atoms with Gasteiger partial charge in [-0.2, -0.15) is 0 Å². The Balaban J connectivity index is 1.74. The number of carbonyl (C=O) groups excluding carboxylic acids is 1. The van der Waals surface area contributed by atoms with Crippen molar-refractivity contribution < 1.29 is 9.53 Å². The number of ether oxygens (including phenoxy) is 1. The van der Waals surface area contributed by atoms with Gasteiger partial charge in [0.05, 0.1) is 6.61 Å². The minimum absolute atomic E-state index is 0.00886. The minimum Gasteiger partial charge on any atom is -0.383 e. The Morgan fingerprint density at radius 2 is 2.00 bits per heavy atom. The summed E-state index contributed by atoms with van der Waals surface area (Å²) in [6.07, 6.45) is 6.03. The molecule has 1 aromatic heterocycles. The summed E-state index contributed by atoms with van der Waals surface area (Å²) in [6.45, 7) is 4.82. The molecule has 132 valence electrons. The highest BCUT2D eigenvalue weighted by Crippen LogP contribution is 2.33. The van der Waals surface area contributed by atoms with Crippen LogP contribution in [0.4, 0.5) is 5.95 Å². The Bertz CT molecular complexity index is 555. The van der Waals surface area contributed by atoms with Gasteiger partial charge < -0.3 is 14.5 Å². The molecule has 0 radical (unpaired) electrons. The van der Waals surface area contributed by atoms with Gasteiger partial charge in [-0.15, -0.1) is 0 Å². The number of piperazine rings is 1. The first kappa shape index (κ1) is 17.1. The van der Waals surface area contributed by atoms with Crippen LogP contribution in [0.2, 0.25) is 0 Å². The monoisotopic (exact) mass is 333 g/mol. The molecule has 0 saturated carbocycles. The van der Waals surface area contributed by atoms with Gasteiger partial charge in [-0.1, -0.05) is 0 Å². The van der Waals surface area contributed by atoms with Gasteiger partial charge in [0.15, 0.2) is 0 Å². The molecule has 7 nitrogen and oxygen atoms in total. The van der Waals surface area contributed by atoms with Gasteiger partial charge in [0.1, 0.15) is 0 Å². The number of methoxy groups -OCH3 is 1. The molecule has 2 saturated heterocycles. The standard InChI is InChI=1S/C17H27N5O2/c1-20-10-11-22(16-18-7-3-8-19-16)14-17(20)5-4-15(23)21(9-6-17)12-13-24-2/h3,7-8H,4-6,9-14H2,1-2H3/t17-/m0/s1. The van der Waals surface area contributed by atoms with Crippen molar-refractivity contribution in [1.82, 2.24) is 19.8 Å². The fourth-order valence-corrected chi connectivity index (χ4v) is 3.76. The van der Waals surface area contributed by atoms with Crippen LogP contribution in [0.5, 0.6) is 0 Å². The molecule has 0 unspecified atom stereocenters. The van der Waals surface area contributed by atoms with E-state index >= 15 is 0 Å². The fourth-order valence-electron chi connectivity index (χ4n) is 3.76. The second-order valence-electron chi connectivity index (χ2n) is 6.74. The zero-order valence-electron chi connectivity index (χ0n) is 14.6. The third-order valence-electron chi connectivity index (χ3n) is 5.40. The highest BCUT2D eigenvalue weighted by Gasteiger charge is 2.42. The van der Waals surface area contributed by atoms with Crippen molar-refractivity contribution in [2.45, 2.75) is 24.8 Å². The van der Waals surface area contributed by atoms with Crippen LogP contribution in [0.25, 0.3) is 0 Å². The molecule has 0 bridgehead atoms. The predicted molar refractivity (Wildman–Crippen MR) is 91.9 cm³/mol. The molecule has 24 heavy (non-hydrogen) atoms. The minimum atomic E-state index is 0.00886. The van der Waals surface area contributed by atoms with Gasteiger partial charge in [-0.3, -0.25) is 9.69 Å². The van der Waals surface area contributed by atoms with E-state index in [2.05, 4.69) is 26.8 Å². The van der Waals surface area contributed by atoms with E-state index < -0.39 is 0 Å². The SMILES string of the molecule is COCCN1CC[C@@]2(CCC1=O)CN(c1ncccn1)CCN2C. The Morgan fingerprint density at radius 3 is 2.75 bits per heavy atom. The first-order chi connectivity index (χ1) is 11.6. The molecular weight excluding hydrogens is 306 g/mol. The summed E-state index contributed by atoms with van der Waals surface area (Å²) in [6, 6.07) is 1.84. The number of carbonyl (C=O) groups is 1. The second-order valence-corrected chi connectivity index (χ2v) is 6.74. The number of likely N-dealkylation sites (tertiary alicyclic amines) is 1. The summed E-state index contributed by atoms with van der Waals surface area (Å²) in [5, 5.41) is 0. The van der Waals surface area contributed by atoms with Crippen molar-refractivity contribution in [3.8, 4) is 0 Å². The Hall–Kier alpha value is -1.73. The normalized spacial score (nSPS) is 26.0. The number of anilines is 1. The summed E-state index contributed by atoms with van der Waals surface area (Å²) < 4.78 is 5.14. The molecule has 3 rings (SSSR count). The lowest BCUT2D eigenvalue weighted by molar-refractivity contribution is -0.131. The highest BCUT2D eigenvalue weighted by atomic mass is 16.5. The average molecular weight is 333 g/mol. The summed E-state index contributed by atoms with van der Waals surface area (Å²) in [5.41, 5.74) is 0.00886. The lowest BCUT2D eigenvalue weighted by Crippen LogP contribution is -2.61. The topological polar surface area (TPSA) is 61.8 Å². The van der Waals surface area contributed by atoms with Gasteiger partial charge in [0.2, 0.25) is 11.9 Å². The summed E-state index contributed by atoms with van der Waals surface area (Å²) in [7, 11) is 3.86. The lowest BCUT2D eigenvalue weighted by Gasteiger charge is -2.49. The van der Waals surface area contributed by atoms with Crippen LogP contribution < -0.4 is 4.90 Å². The van der Waals surface area contributed by atoms with Crippen molar-refractivity contribution in [2.75, 3.05) is 58.4 Å². The maximum absolute atomic E-state index is 12.4. The van der Waals surface area contributed by atoms with E-state index in [1.54, 1.807) is 19.5 Å². The van der Waals surface area contributed by atoms with Crippen LogP contribution in [0.15, 0.2) is 18.5 Å². The van der Waals surface area contributed by atoms with E-state index in [4.69, 9.17) is 4.74 Å².